The minimum atomic E-state index is -0.0824. The number of fused-ring (bicyclic) bond motifs is 1. The summed E-state index contributed by atoms with van der Waals surface area (Å²) in [7, 11) is 0. The summed E-state index contributed by atoms with van der Waals surface area (Å²) in [5.41, 5.74) is 3.02. The molecule has 0 bridgehead atoms. The molecule has 3 aromatic rings. The van der Waals surface area contributed by atoms with E-state index in [1.54, 1.807) is 29.3 Å². The van der Waals surface area contributed by atoms with E-state index in [-0.39, 0.29) is 11.8 Å². The van der Waals surface area contributed by atoms with Crippen molar-refractivity contribution in [2.24, 2.45) is 0 Å². The van der Waals surface area contributed by atoms with Gasteiger partial charge in [-0.2, -0.15) is 0 Å². The van der Waals surface area contributed by atoms with Gasteiger partial charge in [0.15, 0.2) is 0 Å². The molecule has 0 unspecified atom stereocenters. The number of rotatable bonds is 2. The molecule has 0 radical (unpaired) electrons. The van der Waals surface area contributed by atoms with Gasteiger partial charge in [0.05, 0.1) is 5.56 Å². The summed E-state index contributed by atoms with van der Waals surface area (Å²) in [5, 5.41) is 0.946. The smallest absolute Gasteiger partial charge is 0.272 e. The quantitative estimate of drug-likeness (QED) is 0.773. The summed E-state index contributed by atoms with van der Waals surface area (Å²) >= 11 is 0. The van der Waals surface area contributed by atoms with E-state index in [4.69, 9.17) is 0 Å². The van der Waals surface area contributed by atoms with Crippen LogP contribution in [0, 0.1) is 6.92 Å². The number of benzene rings is 1. The molecular weight excluding hydrogens is 328 g/mol. The van der Waals surface area contributed by atoms with Gasteiger partial charge < -0.3 is 14.8 Å². The second-order valence-electron chi connectivity index (χ2n) is 6.47. The maximum atomic E-state index is 13.0. The third-order valence-corrected chi connectivity index (χ3v) is 4.85. The fourth-order valence-electron chi connectivity index (χ4n) is 3.47. The molecule has 6 nitrogen and oxygen atoms in total. The number of piperazine rings is 1. The van der Waals surface area contributed by atoms with Crippen molar-refractivity contribution in [3.05, 3.63) is 65.6 Å². The zero-order chi connectivity index (χ0) is 18.1. The predicted octanol–water partition coefficient (Wildman–Crippen LogP) is 2.47. The number of nitrogens with zero attached hydrogens (tertiary/aromatic N) is 3. The molecule has 2 aromatic heterocycles. The summed E-state index contributed by atoms with van der Waals surface area (Å²) in [6.45, 7) is 4.01. The van der Waals surface area contributed by atoms with Gasteiger partial charge >= 0.3 is 0 Å². The molecule has 1 saturated heterocycles. The Hall–Kier alpha value is -3.15. The number of hydrogen-bond acceptors (Lipinski definition) is 3. The van der Waals surface area contributed by atoms with Crippen molar-refractivity contribution in [3.8, 4) is 0 Å². The fourth-order valence-corrected chi connectivity index (χ4v) is 3.47. The summed E-state index contributed by atoms with van der Waals surface area (Å²) in [4.78, 5) is 36.5. The number of aromatic amines is 1. The van der Waals surface area contributed by atoms with E-state index < -0.39 is 0 Å². The van der Waals surface area contributed by atoms with Crippen molar-refractivity contribution >= 4 is 22.7 Å². The van der Waals surface area contributed by atoms with Crippen LogP contribution in [-0.2, 0) is 0 Å². The summed E-state index contributed by atoms with van der Waals surface area (Å²) in [6, 6.07) is 13.1. The van der Waals surface area contributed by atoms with Crippen LogP contribution in [0.1, 0.15) is 26.5 Å². The number of carbonyl (C=O) groups is 2. The minimum absolute atomic E-state index is 0.0184. The first kappa shape index (κ1) is 16.3. The maximum absolute atomic E-state index is 13.0. The van der Waals surface area contributed by atoms with E-state index in [9.17, 15) is 9.59 Å². The molecule has 1 fully saturated rings. The molecule has 0 atom stereocenters. The van der Waals surface area contributed by atoms with Crippen LogP contribution in [0.2, 0.25) is 0 Å². The Morgan fingerprint density at radius 2 is 1.58 bits per heavy atom. The Bertz CT molecular complexity index is 956. The Labute approximate surface area is 151 Å². The number of aromatic nitrogens is 2. The lowest BCUT2D eigenvalue weighted by Crippen LogP contribution is -2.50. The largest absolute Gasteiger partial charge is 0.358 e. The molecule has 132 valence electrons. The normalized spacial score (nSPS) is 14.7. The lowest BCUT2D eigenvalue weighted by atomic mass is 10.1. The molecule has 6 heteroatoms. The van der Waals surface area contributed by atoms with E-state index in [1.165, 1.54) is 0 Å². The fraction of sp³-hybridized carbons (Fsp3) is 0.250. The van der Waals surface area contributed by atoms with Crippen molar-refractivity contribution < 1.29 is 9.59 Å². The monoisotopic (exact) mass is 348 g/mol. The Kier molecular flexibility index (Phi) is 4.16. The van der Waals surface area contributed by atoms with Crippen molar-refractivity contribution in [2.45, 2.75) is 6.92 Å². The highest BCUT2D eigenvalue weighted by molar-refractivity contribution is 6.08. The van der Waals surface area contributed by atoms with Crippen molar-refractivity contribution in [1.29, 1.82) is 0 Å². The van der Waals surface area contributed by atoms with Crippen molar-refractivity contribution in [1.82, 2.24) is 19.8 Å². The Morgan fingerprint density at radius 1 is 0.923 bits per heavy atom. The highest BCUT2D eigenvalue weighted by Gasteiger charge is 2.28. The number of pyridine rings is 1. The maximum Gasteiger partial charge on any atom is 0.272 e. The SMILES string of the molecule is Cc1[nH]c2ccccc2c1C(=O)N1CCN(C(=O)c2ccccn2)CC1. The number of amides is 2. The molecular formula is C20H20N4O2. The topological polar surface area (TPSA) is 69.3 Å². The van der Waals surface area contributed by atoms with Crippen LogP contribution in [0.4, 0.5) is 0 Å². The molecule has 1 aliphatic rings. The van der Waals surface area contributed by atoms with Crippen LogP contribution in [0.25, 0.3) is 10.9 Å². The average molecular weight is 348 g/mol. The number of aryl methyl sites for hydroxylation is 1. The number of H-pyrrole nitrogens is 1. The first-order valence-electron chi connectivity index (χ1n) is 8.72. The van der Waals surface area contributed by atoms with Crippen molar-refractivity contribution in [3.63, 3.8) is 0 Å². The van der Waals surface area contributed by atoms with E-state index in [1.807, 2.05) is 36.1 Å². The zero-order valence-electron chi connectivity index (χ0n) is 14.6. The molecule has 2 amide bonds. The van der Waals surface area contributed by atoms with Gasteiger partial charge in [0.2, 0.25) is 0 Å². The van der Waals surface area contributed by atoms with E-state index in [0.29, 0.717) is 31.9 Å². The highest BCUT2D eigenvalue weighted by Crippen LogP contribution is 2.24. The van der Waals surface area contributed by atoms with Gasteiger partial charge in [0.25, 0.3) is 11.8 Å². The Morgan fingerprint density at radius 3 is 2.27 bits per heavy atom. The second-order valence-corrected chi connectivity index (χ2v) is 6.47. The van der Waals surface area contributed by atoms with Crippen LogP contribution in [-0.4, -0.2) is 57.8 Å². The van der Waals surface area contributed by atoms with Gasteiger partial charge in [-0.3, -0.25) is 14.6 Å². The van der Waals surface area contributed by atoms with Gasteiger partial charge in [-0.1, -0.05) is 24.3 Å². The van der Waals surface area contributed by atoms with Gasteiger partial charge in [-0.05, 0) is 25.1 Å². The molecule has 3 heterocycles. The van der Waals surface area contributed by atoms with Gasteiger partial charge in [0.1, 0.15) is 5.69 Å². The number of para-hydroxylation sites is 1. The summed E-state index contributed by atoms with van der Waals surface area (Å²) < 4.78 is 0. The lowest BCUT2D eigenvalue weighted by Gasteiger charge is -2.34. The zero-order valence-corrected chi connectivity index (χ0v) is 14.6. The lowest BCUT2D eigenvalue weighted by molar-refractivity contribution is 0.0533. The van der Waals surface area contributed by atoms with Gasteiger partial charge in [-0.15, -0.1) is 0 Å². The molecule has 0 saturated carbocycles. The van der Waals surface area contributed by atoms with Crippen LogP contribution in [0.15, 0.2) is 48.7 Å². The van der Waals surface area contributed by atoms with E-state index >= 15 is 0 Å². The second kappa shape index (κ2) is 6.63. The Balaban J connectivity index is 1.48. The molecule has 0 spiro atoms. The van der Waals surface area contributed by atoms with Crippen molar-refractivity contribution in [2.75, 3.05) is 26.2 Å². The van der Waals surface area contributed by atoms with Crippen LogP contribution < -0.4 is 0 Å². The molecule has 4 rings (SSSR count). The molecule has 26 heavy (non-hydrogen) atoms. The molecule has 0 aliphatic carbocycles. The summed E-state index contributed by atoms with van der Waals surface area (Å²) in [5.74, 6) is -0.0640. The standard InChI is InChI=1S/C20H20N4O2/c1-14-18(15-6-2-3-7-16(15)22-14)20(26)24-12-10-23(11-13-24)19(25)17-8-4-5-9-21-17/h2-9,22H,10-13H2,1H3. The number of hydrogen-bond donors (Lipinski definition) is 1. The number of carbonyl (C=O) groups excluding carboxylic acids is 2. The minimum Gasteiger partial charge on any atom is -0.358 e. The van der Waals surface area contributed by atoms with E-state index in [2.05, 4.69) is 9.97 Å². The third-order valence-electron chi connectivity index (χ3n) is 4.85. The molecule has 1 aliphatic heterocycles. The predicted molar refractivity (Wildman–Crippen MR) is 99.1 cm³/mol. The molecule has 1 N–H and O–H groups in total. The van der Waals surface area contributed by atoms with Crippen LogP contribution in [0.5, 0.6) is 0 Å². The first-order valence-corrected chi connectivity index (χ1v) is 8.72. The highest BCUT2D eigenvalue weighted by atomic mass is 16.2. The molecule has 1 aromatic carbocycles. The van der Waals surface area contributed by atoms with Crippen LogP contribution in [0.3, 0.4) is 0 Å². The van der Waals surface area contributed by atoms with Crippen LogP contribution >= 0.6 is 0 Å². The number of nitrogens with one attached hydrogen (secondary N) is 1. The first-order chi connectivity index (χ1) is 12.6. The van der Waals surface area contributed by atoms with E-state index in [0.717, 1.165) is 22.2 Å². The summed E-state index contributed by atoms with van der Waals surface area (Å²) in [6.07, 6.45) is 1.62. The van der Waals surface area contributed by atoms with Gasteiger partial charge in [-0.25, -0.2) is 0 Å². The van der Waals surface area contributed by atoms with Gasteiger partial charge in [0, 0.05) is 49.0 Å². The third kappa shape index (κ3) is 2.83. The average Bonchev–Trinajstić information content (AvgIpc) is 3.03.